The molecule has 0 saturated heterocycles. The van der Waals surface area contributed by atoms with E-state index in [-0.39, 0.29) is 5.91 Å². The molecular weight excluding hydrogens is 150 g/mol. The van der Waals surface area contributed by atoms with Gasteiger partial charge in [0.05, 0.1) is 0 Å². The number of allylic oxidation sites excluding steroid dienone is 1. The number of unbranched alkanes of at least 4 members (excludes halogenated alkanes) is 3. The largest absolute Gasteiger partial charge is 0.349 e. The molecule has 0 spiro atoms. The quantitative estimate of drug-likeness (QED) is 0.441. The van der Waals surface area contributed by atoms with E-state index in [1.54, 1.807) is 19.0 Å². The van der Waals surface area contributed by atoms with Gasteiger partial charge in [0.2, 0.25) is 5.91 Å². The monoisotopic (exact) mass is 169 g/mol. The molecule has 2 heteroatoms. The fourth-order valence-corrected chi connectivity index (χ4v) is 0.965. The third-order valence-electron chi connectivity index (χ3n) is 1.80. The highest BCUT2D eigenvalue weighted by Gasteiger charge is 2.01. The summed E-state index contributed by atoms with van der Waals surface area (Å²) < 4.78 is 0. The van der Waals surface area contributed by atoms with Gasteiger partial charge in [-0.2, -0.15) is 0 Å². The summed E-state index contributed by atoms with van der Waals surface area (Å²) in [6.45, 7) is 3.65. The van der Waals surface area contributed by atoms with E-state index in [1.165, 1.54) is 0 Å². The Hall–Kier alpha value is -0.790. The third kappa shape index (κ3) is 5.96. The predicted molar refractivity (Wildman–Crippen MR) is 52.0 cm³/mol. The molecule has 1 amide bonds. The summed E-state index contributed by atoms with van der Waals surface area (Å²) in [6, 6.07) is 0. The molecule has 0 aliphatic heterocycles. The molecule has 0 aliphatic carbocycles. The second-order valence-corrected chi connectivity index (χ2v) is 3.18. The SMILES string of the molecule is C=CCCCCCC(=O)N(C)C. The number of hydrogen-bond acceptors (Lipinski definition) is 1. The van der Waals surface area contributed by atoms with E-state index in [9.17, 15) is 4.79 Å². The maximum atomic E-state index is 11.1. The molecule has 2 nitrogen and oxygen atoms in total. The molecule has 0 N–H and O–H groups in total. The summed E-state index contributed by atoms with van der Waals surface area (Å²) >= 11 is 0. The number of carbonyl (C=O) groups is 1. The van der Waals surface area contributed by atoms with Crippen LogP contribution in [0.4, 0.5) is 0 Å². The van der Waals surface area contributed by atoms with Crippen molar-refractivity contribution in [3.05, 3.63) is 12.7 Å². The second-order valence-electron chi connectivity index (χ2n) is 3.18. The molecule has 0 bridgehead atoms. The first kappa shape index (κ1) is 11.2. The normalized spacial score (nSPS) is 9.50. The molecule has 0 unspecified atom stereocenters. The van der Waals surface area contributed by atoms with Crippen LogP contribution in [0.1, 0.15) is 32.1 Å². The van der Waals surface area contributed by atoms with Gasteiger partial charge >= 0.3 is 0 Å². The zero-order valence-electron chi connectivity index (χ0n) is 8.18. The lowest BCUT2D eigenvalue weighted by Crippen LogP contribution is -2.20. The number of carbonyl (C=O) groups excluding carboxylic acids is 1. The Bertz CT molecular complexity index is 141. The van der Waals surface area contributed by atoms with Gasteiger partial charge in [0.25, 0.3) is 0 Å². The van der Waals surface area contributed by atoms with Gasteiger partial charge in [0.15, 0.2) is 0 Å². The highest BCUT2D eigenvalue weighted by atomic mass is 16.2. The van der Waals surface area contributed by atoms with E-state index < -0.39 is 0 Å². The van der Waals surface area contributed by atoms with Crippen molar-refractivity contribution in [1.82, 2.24) is 4.90 Å². The van der Waals surface area contributed by atoms with E-state index in [4.69, 9.17) is 0 Å². The maximum absolute atomic E-state index is 11.1. The molecule has 70 valence electrons. The lowest BCUT2D eigenvalue weighted by Gasteiger charge is -2.09. The van der Waals surface area contributed by atoms with Crippen LogP contribution in [0.2, 0.25) is 0 Å². The zero-order chi connectivity index (χ0) is 9.40. The molecular formula is C10H19NO. The minimum Gasteiger partial charge on any atom is -0.349 e. The average molecular weight is 169 g/mol. The molecule has 0 aromatic rings. The summed E-state index contributed by atoms with van der Waals surface area (Å²) in [6.07, 6.45) is 6.97. The first-order chi connectivity index (χ1) is 5.68. The Balaban J connectivity index is 3.19. The predicted octanol–water partition coefficient (Wildman–Crippen LogP) is 2.21. The van der Waals surface area contributed by atoms with Crippen molar-refractivity contribution in [2.75, 3.05) is 14.1 Å². The van der Waals surface area contributed by atoms with Crippen molar-refractivity contribution in [1.29, 1.82) is 0 Å². The lowest BCUT2D eigenvalue weighted by molar-refractivity contribution is -0.128. The van der Waals surface area contributed by atoms with Crippen molar-refractivity contribution >= 4 is 5.91 Å². The van der Waals surface area contributed by atoms with Crippen LogP contribution in [0.25, 0.3) is 0 Å². The van der Waals surface area contributed by atoms with Crippen LogP contribution in [0.15, 0.2) is 12.7 Å². The van der Waals surface area contributed by atoms with Crippen LogP contribution >= 0.6 is 0 Å². The number of amides is 1. The molecule has 0 saturated carbocycles. The first-order valence-electron chi connectivity index (χ1n) is 4.49. The Morgan fingerprint density at radius 1 is 1.33 bits per heavy atom. The Labute approximate surface area is 75.3 Å². The van der Waals surface area contributed by atoms with Crippen molar-refractivity contribution < 1.29 is 4.79 Å². The highest BCUT2D eigenvalue weighted by Crippen LogP contribution is 2.04. The molecule has 0 fully saturated rings. The number of nitrogens with zero attached hydrogens (tertiary/aromatic N) is 1. The van der Waals surface area contributed by atoms with Gasteiger partial charge in [0.1, 0.15) is 0 Å². The van der Waals surface area contributed by atoms with Gasteiger partial charge in [-0.1, -0.05) is 12.5 Å². The van der Waals surface area contributed by atoms with Crippen LogP contribution in [-0.4, -0.2) is 24.9 Å². The second kappa shape index (κ2) is 6.89. The first-order valence-corrected chi connectivity index (χ1v) is 4.49. The minimum absolute atomic E-state index is 0.230. The summed E-state index contributed by atoms with van der Waals surface area (Å²) in [4.78, 5) is 12.7. The molecule has 0 atom stereocenters. The van der Waals surface area contributed by atoms with Crippen LogP contribution in [0.3, 0.4) is 0 Å². The smallest absolute Gasteiger partial charge is 0.222 e. The fourth-order valence-electron chi connectivity index (χ4n) is 0.965. The third-order valence-corrected chi connectivity index (χ3v) is 1.80. The summed E-state index contributed by atoms with van der Waals surface area (Å²) in [5.41, 5.74) is 0. The standard InChI is InChI=1S/C10H19NO/c1-4-5-6-7-8-9-10(12)11(2)3/h4H,1,5-9H2,2-3H3. The van der Waals surface area contributed by atoms with E-state index >= 15 is 0 Å². The van der Waals surface area contributed by atoms with Gasteiger partial charge in [-0.3, -0.25) is 4.79 Å². The topological polar surface area (TPSA) is 20.3 Å². The Morgan fingerprint density at radius 2 is 2.00 bits per heavy atom. The van der Waals surface area contributed by atoms with Crippen LogP contribution in [-0.2, 0) is 4.79 Å². The van der Waals surface area contributed by atoms with E-state index in [0.717, 1.165) is 25.7 Å². The number of rotatable bonds is 6. The van der Waals surface area contributed by atoms with E-state index in [0.29, 0.717) is 6.42 Å². The molecule has 0 aromatic heterocycles. The van der Waals surface area contributed by atoms with Gasteiger partial charge in [-0.25, -0.2) is 0 Å². The average Bonchev–Trinajstić information content (AvgIpc) is 2.03. The highest BCUT2D eigenvalue weighted by molar-refractivity contribution is 5.75. The number of hydrogen-bond donors (Lipinski definition) is 0. The molecule has 0 aromatic carbocycles. The van der Waals surface area contributed by atoms with Crippen molar-refractivity contribution in [2.45, 2.75) is 32.1 Å². The summed E-state index contributed by atoms with van der Waals surface area (Å²) in [5, 5.41) is 0. The van der Waals surface area contributed by atoms with Crippen molar-refractivity contribution in [2.24, 2.45) is 0 Å². The van der Waals surface area contributed by atoms with Crippen LogP contribution in [0.5, 0.6) is 0 Å². The van der Waals surface area contributed by atoms with Gasteiger partial charge < -0.3 is 4.90 Å². The lowest BCUT2D eigenvalue weighted by atomic mass is 10.1. The van der Waals surface area contributed by atoms with Gasteiger partial charge in [-0.15, -0.1) is 6.58 Å². The minimum atomic E-state index is 0.230. The van der Waals surface area contributed by atoms with Crippen molar-refractivity contribution in [3.63, 3.8) is 0 Å². The Kier molecular flexibility index (Phi) is 6.44. The molecule has 0 radical (unpaired) electrons. The van der Waals surface area contributed by atoms with Crippen molar-refractivity contribution in [3.8, 4) is 0 Å². The van der Waals surface area contributed by atoms with E-state index in [2.05, 4.69) is 6.58 Å². The van der Waals surface area contributed by atoms with E-state index in [1.807, 2.05) is 6.08 Å². The summed E-state index contributed by atoms with van der Waals surface area (Å²) in [7, 11) is 3.60. The molecule has 12 heavy (non-hydrogen) atoms. The zero-order valence-corrected chi connectivity index (χ0v) is 8.18. The molecule has 0 rings (SSSR count). The van der Waals surface area contributed by atoms with Gasteiger partial charge in [-0.05, 0) is 19.3 Å². The van der Waals surface area contributed by atoms with Gasteiger partial charge in [0, 0.05) is 20.5 Å². The Morgan fingerprint density at radius 3 is 2.50 bits per heavy atom. The maximum Gasteiger partial charge on any atom is 0.222 e. The molecule has 0 aliphatic rings. The van der Waals surface area contributed by atoms with Crippen LogP contribution < -0.4 is 0 Å². The fraction of sp³-hybridized carbons (Fsp3) is 0.700. The summed E-state index contributed by atoms with van der Waals surface area (Å²) in [5.74, 6) is 0.230. The van der Waals surface area contributed by atoms with Crippen LogP contribution in [0, 0.1) is 0 Å². The molecule has 0 heterocycles.